The average Bonchev–Trinajstić information content (AvgIpc) is 3.55. The Morgan fingerprint density at radius 2 is 1.88 bits per heavy atom. The molecule has 3 aromatic rings. The van der Waals surface area contributed by atoms with E-state index in [1.165, 1.54) is 4.57 Å². The van der Waals surface area contributed by atoms with Crippen molar-refractivity contribution in [1.82, 2.24) is 14.5 Å². The van der Waals surface area contributed by atoms with Crippen LogP contribution in [0, 0.1) is 5.92 Å². The maximum Gasteiger partial charge on any atom is 0.330 e. The molecule has 0 saturated heterocycles. The van der Waals surface area contributed by atoms with E-state index < -0.39 is 23.2 Å². The van der Waals surface area contributed by atoms with E-state index >= 15 is 0 Å². The minimum Gasteiger partial charge on any atom is -0.351 e. The highest BCUT2D eigenvalue weighted by Gasteiger charge is 2.29. The van der Waals surface area contributed by atoms with Gasteiger partial charge in [0, 0.05) is 29.5 Å². The van der Waals surface area contributed by atoms with Gasteiger partial charge in [0.15, 0.2) is 5.65 Å². The van der Waals surface area contributed by atoms with Gasteiger partial charge in [0.1, 0.15) is 0 Å². The lowest BCUT2D eigenvalue weighted by atomic mass is 10.1. The van der Waals surface area contributed by atoms with Crippen molar-refractivity contribution in [2.45, 2.75) is 39.2 Å². The Bertz CT molecular complexity index is 1340. The SMILES string of the molecule is CC(C)Cn1c(=O)[nH]c(=O)c2c(C(=O)Nc3cccc(NC(N)=O)c3)cc(C3CC3)nc21. The summed E-state index contributed by atoms with van der Waals surface area (Å²) in [4.78, 5) is 56.5. The van der Waals surface area contributed by atoms with Crippen LogP contribution in [-0.4, -0.2) is 26.5 Å². The summed E-state index contributed by atoms with van der Waals surface area (Å²) >= 11 is 0. The van der Waals surface area contributed by atoms with Crippen molar-refractivity contribution in [2.75, 3.05) is 10.6 Å². The largest absolute Gasteiger partial charge is 0.351 e. The van der Waals surface area contributed by atoms with Crippen LogP contribution in [0.4, 0.5) is 16.2 Å². The van der Waals surface area contributed by atoms with Crippen molar-refractivity contribution < 1.29 is 9.59 Å². The molecule has 10 heteroatoms. The predicted octanol–water partition coefficient (Wildman–Crippen LogP) is 2.36. The van der Waals surface area contributed by atoms with Crippen molar-refractivity contribution in [3.05, 3.63) is 62.4 Å². The maximum absolute atomic E-state index is 13.2. The summed E-state index contributed by atoms with van der Waals surface area (Å²) in [6.45, 7) is 4.26. The van der Waals surface area contributed by atoms with E-state index in [9.17, 15) is 19.2 Å². The monoisotopic (exact) mass is 436 g/mol. The van der Waals surface area contributed by atoms with E-state index in [4.69, 9.17) is 5.73 Å². The molecule has 1 saturated carbocycles. The molecule has 1 aliphatic rings. The number of hydrogen-bond donors (Lipinski definition) is 4. The number of benzene rings is 1. The van der Waals surface area contributed by atoms with Crippen LogP contribution >= 0.6 is 0 Å². The first-order valence-electron chi connectivity index (χ1n) is 10.4. The first-order valence-corrected chi connectivity index (χ1v) is 10.4. The fourth-order valence-electron chi connectivity index (χ4n) is 3.61. The highest BCUT2D eigenvalue weighted by molar-refractivity contribution is 6.12. The second kappa shape index (κ2) is 8.29. The molecule has 0 aliphatic heterocycles. The number of carbonyl (C=O) groups is 2. The zero-order valence-electron chi connectivity index (χ0n) is 17.8. The van der Waals surface area contributed by atoms with Crippen LogP contribution in [-0.2, 0) is 6.54 Å². The molecule has 4 rings (SSSR count). The lowest BCUT2D eigenvalue weighted by molar-refractivity contribution is 0.102. The van der Waals surface area contributed by atoms with E-state index in [2.05, 4.69) is 20.6 Å². The summed E-state index contributed by atoms with van der Waals surface area (Å²) in [6.07, 6.45) is 1.88. The normalized spacial score (nSPS) is 13.3. The molecule has 32 heavy (non-hydrogen) atoms. The van der Waals surface area contributed by atoms with Crippen molar-refractivity contribution in [3.8, 4) is 0 Å². The number of anilines is 2. The lowest BCUT2D eigenvalue weighted by Crippen LogP contribution is -2.33. The number of nitrogens with one attached hydrogen (secondary N) is 3. The Morgan fingerprint density at radius 1 is 1.19 bits per heavy atom. The quantitative estimate of drug-likeness (QED) is 0.467. The molecule has 0 unspecified atom stereocenters. The summed E-state index contributed by atoms with van der Waals surface area (Å²) in [5, 5.41) is 5.27. The first kappa shape index (κ1) is 21.3. The number of urea groups is 1. The van der Waals surface area contributed by atoms with Crippen LogP contribution in [0.3, 0.4) is 0 Å². The Morgan fingerprint density at radius 3 is 2.50 bits per heavy atom. The van der Waals surface area contributed by atoms with Crippen molar-refractivity contribution in [2.24, 2.45) is 11.7 Å². The van der Waals surface area contributed by atoms with Gasteiger partial charge in [0.2, 0.25) is 0 Å². The number of primary amides is 1. The molecule has 2 aromatic heterocycles. The fraction of sp³-hybridized carbons (Fsp3) is 0.318. The van der Waals surface area contributed by atoms with Crippen LogP contribution < -0.4 is 27.6 Å². The van der Waals surface area contributed by atoms with E-state index in [1.807, 2.05) is 13.8 Å². The lowest BCUT2D eigenvalue weighted by Gasteiger charge is -2.15. The zero-order valence-corrected chi connectivity index (χ0v) is 17.8. The summed E-state index contributed by atoms with van der Waals surface area (Å²) in [7, 11) is 0. The smallest absolute Gasteiger partial charge is 0.330 e. The molecule has 1 fully saturated rings. The Kier molecular flexibility index (Phi) is 5.52. The third-order valence-corrected chi connectivity index (χ3v) is 5.14. The van der Waals surface area contributed by atoms with Gasteiger partial charge >= 0.3 is 11.7 Å². The molecule has 1 aliphatic carbocycles. The van der Waals surface area contributed by atoms with Crippen LogP contribution in [0.2, 0.25) is 0 Å². The van der Waals surface area contributed by atoms with Crippen LogP contribution in [0.15, 0.2) is 39.9 Å². The number of hydrogen-bond acceptors (Lipinski definition) is 5. The molecule has 166 valence electrons. The molecule has 5 N–H and O–H groups in total. The summed E-state index contributed by atoms with van der Waals surface area (Å²) < 4.78 is 1.42. The number of fused-ring (bicyclic) bond motifs is 1. The number of amides is 3. The molecule has 0 atom stereocenters. The third-order valence-electron chi connectivity index (χ3n) is 5.14. The highest BCUT2D eigenvalue weighted by atomic mass is 16.2. The van der Waals surface area contributed by atoms with Gasteiger partial charge in [-0.2, -0.15) is 0 Å². The summed E-state index contributed by atoms with van der Waals surface area (Å²) in [5.74, 6) is -0.183. The second-order valence-electron chi connectivity index (χ2n) is 8.36. The topological polar surface area (TPSA) is 152 Å². The number of H-pyrrole nitrogens is 1. The molecule has 0 radical (unpaired) electrons. The number of rotatable bonds is 6. The molecule has 2 heterocycles. The number of nitrogens with two attached hydrogens (primary N) is 1. The number of aromatic amines is 1. The van der Waals surface area contributed by atoms with Crippen LogP contribution in [0.25, 0.3) is 11.0 Å². The molecule has 3 amide bonds. The molecular weight excluding hydrogens is 412 g/mol. The Labute approximate surface area is 182 Å². The highest BCUT2D eigenvalue weighted by Crippen LogP contribution is 2.40. The second-order valence-corrected chi connectivity index (χ2v) is 8.36. The van der Waals surface area contributed by atoms with Gasteiger partial charge in [0.05, 0.1) is 10.9 Å². The maximum atomic E-state index is 13.2. The summed E-state index contributed by atoms with van der Waals surface area (Å²) in [6, 6.07) is 7.37. The van der Waals surface area contributed by atoms with E-state index in [0.717, 1.165) is 12.8 Å². The van der Waals surface area contributed by atoms with Crippen LogP contribution in [0.1, 0.15) is 48.7 Å². The minimum absolute atomic E-state index is 0.0681. The van der Waals surface area contributed by atoms with Crippen molar-refractivity contribution in [1.29, 1.82) is 0 Å². The van der Waals surface area contributed by atoms with E-state index in [1.54, 1.807) is 30.3 Å². The molecule has 0 spiro atoms. The van der Waals surface area contributed by atoms with Gasteiger partial charge in [-0.3, -0.25) is 19.1 Å². The Hall–Kier alpha value is -3.95. The first-order chi connectivity index (χ1) is 15.2. The number of nitrogens with zero attached hydrogens (tertiary/aromatic N) is 2. The van der Waals surface area contributed by atoms with Gasteiger partial charge in [-0.15, -0.1) is 0 Å². The van der Waals surface area contributed by atoms with Gasteiger partial charge in [-0.05, 0) is 43.0 Å². The van der Waals surface area contributed by atoms with E-state index in [0.29, 0.717) is 23.6 Å². The molecular formula is C22H24N6O4. The Balaban J connectivity index is 1.83. The average molecular weight is 436 g/mol. The number of aromatic nitrogens is 3. The van der Waals surface area contributed by atoms with Gasteiger partial charge in [-0.1, -0.05) is 19.9 Å². The van der Waals surface area contributed by atoms with Crippen molar-refractivity contribution >= 4 is 34.3 Å². The molecule has 10 nitrogen and oxygen atoms in total. The number of carbonyl (C=O) groups excluding carboxylic acids is 2. The third kappa shape index (κ3) is 4.39. The fourth-order valence-corrected chi connectivity index (χ4v) is 3.61. The van der Waals surface area contributed by atoms with Gasteiger partial charge < -0.3 is 16.4 Å². The standard InChI is InChI=1S/C22H24N6O4/c1-11(2)10-28-18-17(20(30)27-22(28)32)15(9-16(26-18)12-6-7-12)19(29)24-13-4-3-5-14(8-13)25-21(23)31/h3-5,8-9,11-12H,6-7,10H2,1-2H3,(H,24,29)(H3,23,25,31)(H,27,30,32). The number of pyridine rings is 1. The summed E-state index contributed by atoms with van der Waals surface area (Å²) in [5.41, 5.74) is 5.81. The zero-order chi connectivity index (χ0) is 23.0. The molecule has 1 aromatic carbocycles. The predicted molar refractivity (Wildman–Crippen MR) is 121 cm³/mol. The van der Waals surface area contributed by atoms with Gasteiger partial charge in [0.25, 0.3) is 11.5 Å². The van der Waals surface area contributed by atoms with Crippen LogP contribution in [0.5, 0.6) is 0 Å². The van der Waals surface area contributed by atoms with Gasteiger partial charge in [-0.25, -0.2) is 14.6 Å². The molecule has 0 bridgehead atoms. The van der Waals surface area contributed by atoms with E-state index in [-0.39, 0.29) is 28.4 Å². The minimum atomic E-state index is -0.725. The van der Waals surface area contributed by atoms with Crippen molar-refractivity contribution in [3.63, 3.8) is 0 Å².